The second-order valence-electron chi connectivity index (χ2n) is 14.2. The van der Waals surface area contributed by atoms with Crippen molar-refractivity contribution < 1.29 is 27.9 Å². The number of carbonyl (C=O) groups excluding carboxylic acids is 2. The summed E-state index contributed by atoms with van der Waals surface area (Å²) in [5.41, 5.74) is 7.58. The summed E-state index contributed by atoms with van der Waals surface area (Å²) in [7, 11) is 1.65. The molecule has 0 radical (unpaired) electrons. The molecule has 0 aromatic heterocycles. The zero-order valence-corrected chi connectivity index (χ0v) is 31.5. The molecular formula is C39H47NO6Si2. The highest BCUT2D eigenvalue weighted by Crippen LogP contribution is 2.53. The van der Waals surface area contributed by atoms with Crippen LogP contribution < -0.4 is 0 Å². The molecule has 0 saturated carbocycles. The molecule has 6 rings (SSSR count). The van der Waals surface area contributed by atoms with E-state index in [-0.39, 0.29) is 34.7 Å². The van der Waals surface area contributed by atoms with Crippen LogP contribution in [0.2, 0.25) is 19.6 Å². The van der Waals surface area contributed by atoms with Gasteiger partial charge < -0.3 is 22.9 Å². The predicted molar refractivity (Wildman–Crippen MR) is 194 cm³/mol. The first kappa shape index (κ1) is 34.1. The van der Waals surface area contributed by atoms with E-state index in [4.69, 9.17) is 18.3 Å². The molecule has 9 heteroatoms. The topological polar surface area (TPSA) is 74.3 Å². The highest BCUT2D eigenvalue weighted by atomic mass is 28.4. The van der Waals surface area contributed by atoms with E-state index in [9.17, 15) is 9.59 Å². The molecule has 0 spiro atoms. The Morgan fingerprint density at radius 1 is 0.729 bits per heavy atom. The van der Waals surface area contributed by atoms with Crippen LogP contribution in [0.25, 0.3) is 12.2 Å². The van der Waals surface area contributed by atoms with E-state index in [1.807, 2.05) is 43.9 Å². The molecule has 2 amide bonds. The van der Waals surface area contributed by atoms with Crippen molar-refractivity contribution in [2.45, 2.75) is 69.2 Å². The van der Waals surface area contributed by atoms with Crippen LogP contribution in [0.15, 0.2) is 72.2 Å². The number of hydrogen-bond donors (Lipinski definition) is 0. The van der Waals surface area contributed by atoms with Crippen molar-refractivity contribution in [2.24, 2.45) is 0 Å². The number of methoxy groups -OCH3 is 2. The minimum absolute atomic E-state index is 0.145. The van der Waals surface area contributed by atoms with Crippen LogP contribution in [0, 0.1) is 0 Å². The van der Waals surface area contributed by atoms with Crippen molar-refractivity contribution in [3.8, 4) is 0 Å². The Kier molecular flexibility index (Phi) is 9.19. The Morgan fingerprint density at radius 2 is 1.31 bits per heavy atom. The van der Waals surface area contributed by atoms with E-state index in [0.29, 0.717) is 11.1 Å². The summed E-state index contributed by atoms with van der Waals surface area (Å²) in [5, 5.41) is 0. The maximum absolute atomic E-state index is 13.3. The molecule has 48 heavy (non-hydrogen) atoms. The fourth-order valence-electron chi connectivity index (χ4n) is 8.10. The van der Waals surface area contributed by atoms with E-state index in [1.54, 1.807) is 28.4 Å². The predicted octanol–water partition coefficient (Wildman–Crippen LogP) is 8.49. The van der Waals surface area contributed by atoms with Gasteiger partial charge in [0.25, 0.3) is 11.8 Å². The van der Waals surface area contributed by atoms with Gasteiger partial charge in [-0.25, -0.2) is 0 Å². The van der Waals surface area contributed by atoms with Gasteiger partial charge in [0.2, 0.25) is 0 Å². The lowest BCUT2D eigenvalue weighted by Gasteiger charge is -2.39. The number of fused-ring (bicyclic) bond motifs is 3. The van der Waals surface area contributed by atoms with Gasteiger partial charge in [0.1, 0.15) is 11.5 Å². The summed E-state index contributed by atoms with van der Waals surface area (Å²) in [6, 6.07) is 20.9. The molecule has 3 aromatic rings. The average molecular weight is 682 g/mol. The molecule has 3 aliphatic rings. The van der Waals surface area contributed by atoms with Gasteiger partial charge in [-0.3, -0.25) is 9.59 Å². The summed E-state index contributed by atoms with van der Waals surface area (Å²) in [6.45, 7) is 10.6. The lowest BCUT2D eigenvalue weighted by atomic mass is 9.83. The number of nitrogens with zero attached hydrogens (tertiary/aromatic N) is 1. The van der Waals surface area contributed by atoms with Gasteiger partial charge in [-0.05, 0) is 82.3 Å². The summed E-state index contributed by atoms with van der Waals surface area (Å²) >= 11 is 0. The Bertz CT molecular complexity index is 1820. The van der Waals surface area contributed by atoms with E-state index in [0.717, 1.165) is 52.2 Å². The van der Waals surface area contributed by atoms with Crippen LogP contribution >= 0.6 is 0 Å². The summed E-state index contributed by atoms with van der Waals surface area (Å²) in [5.74, 6) is 1.87. The summed E-state index contributed by atoms with van der Waals surface area (Å²) in [4.78, 5) is 26.4. The number of benzene rings is 3. The quantitative estimate of drug-likeness (QED) is 0.141. The van der Waals surface area contributed by atoms with E-state index < -0.39 is 16.8 Å². The number of imide groups is 1. The van der Waals surface area contributed by atoms with Crippen molar-refractivity contribution in [2.75, 3.05) is 28.4 Å². The van der Waals surface area contributed by atoms with Crippen LogP contribution in [-0.4, -0.2) is 61.6 Å². The molecule has 0 fully saturated rings. The highest BCUT2D eigenvalue weighted by molar-refractivity contribution is 6.79. The maximum atomic E-state index is 13.3. The second-order valence-corrected chi connectivity index (χ2v) is 22.4. The molecule has 0 N–H and O–H groups in total. The standard InChI is InChI=1S/C39H47NO6Si2/c1-10-25(27-16-18-32-33(21-27)39(42)40(38(32)41)47(7,8)9)19-24(2)26-15-17-31-29(20-26)23-35(44-4)37(31)48(45-5,46-6)36-30-14-12-11-13-28(30)22-34(36)43-3/h11-18,20-25,36-37H,10,19H2,1-9H3. The van der Waals surface area contributed by atoms with Crippen LogP contribution in [0.5, 0.6) is 0 Å². The molecule has 0 saturated heterocycles. The molecule has 1 heterocycles. The minimum Gasteiger partial charge on any atom is -0.501 e. The first-order chi connectivity index (χ1) is 22.9. The van der Waals surface area contributed by atoms with Gasteiger partial charge >= 0.3 is 8.56 Å². The third kappa shape index (κ3) is 5.41. The van der Waals surface area contributed by atoms with E-state index in [2.05, 4.69) is 62.4 Å². The van der Waals surface area contributed by atoms with Crippen molar-refractivity contribution in [1.29, 1.82) is 0 Å². The summed E-state index contributed by atoms with van der Waals surface area (Å²) in [6.07, 6.45) is 6.07. The molecular weight excluding hydrogens is 635 g/mol. The lowest BCUT2D eigenvalue weighted by molar-refractivity contribution is 0.0753. The molecule has 0 bridgehead atoms. The molecule has 3 aromatic carbocycles. The number of amides is 2. The Labute approximate surface area is 286 Å². The fourth-order valence-corrected chi connectivity index (χ4v) is 13.6. The van der Waals surface area contributed by atoms with Crippen LogP contribution in [0.3, 0.4) is 0 Å². The number of hydrogen-bond acceptors (Lipinski definition) is 6. The lowest BCUT2D eigenvalue weighted by Crippen LogP contribution is -2.53. The smallest absolute Gasteiger partial charge is 0.368 e. The van der Waals surface area contributed by atoms with Crippen molar-refractivity contribution in [3.63, 3.8) is 0 Å². The minimum atomic E-state index is -3.14. The molecule has 2 aliphatic carbocycles. The SMILES string of the molecule is CCC(CC(C)c1ccc2c(c1)C=C(OC)C2[Si](OC)(OC)C1C(OC)=Cc2ccccc21)c1ccc2c(c1)C(=O)N([Si](C)(C)C)C2=O. The van der Waals surface area contributed by atoms with Gasteiger partial charge in [0, 0.05) is 14.2 Å². The Balaban J connectivity index is 1.30. The molecule has 4 unspecified atom stereocenters. The summed E-state index contributed by atoms with van der Waals surface area (Å²) < 4.78 is 26.6. The largest absolute Gasteiger partial charge is 0.501 e. The molecule has 252 valence electrons. The Hall–Kier alpha value is -3.77. The number of carbonyl (C=O) groups is 2. The zero-order chi connectivity index (χ0) is 34.5. The molecule has 4 atom stereocenters. The van der Waals surface area contributed by atoms with Crippen molar-refractivity contribution >= 4 is 40.8 Å². The highest BCUT2D eigenvalue weighted by Gasteiger charge is 2.60. The van der Waals surface area contributed by atoms with E-state index in [1.165, 1.54) is 10.1 Å². The van der Waals surface area contributed by atoms with Gasteiger partial charge in [-0.2, -0.15) is 0 Å². The Morgan fingerprint density at radius 3 is 1.92 bits per heavy atom. The van der Waals surface area contributed by atoms with Crippen LogP contribution in [-0.2, 0) is 18.3 Å². The first-order valence-electron chi connectivity index (χ1n) is 16.8. The van der Waals surface area contributed by atoms with Gasteiger partial charge in [0.05, 0.1) is 36.4 Å². The third-order valence-corrected chi connectivity index (χ3v) is 16.4. The van der Waals surface area contributed by atoms with Crippen molar-refractivity contribution in [1.82, 2.24) is 4.57 Å². The van der Waals surface area contributed by atoms with Gasteiger partial charge in [-0.1, -0.05) is 82.0 Å². The number of ether oxygens (including phenoxy) is 2. The van der Waals surface area contributed by atoms with Gasteiger partial charge in [-0.15, -0.1) is 0 Å². The second kappa shape index (κ2) is 12.9. The number of rotatable bonds is 12. The maximum Gasteiger partial charge on any atom is 0.368 e. The van der Waals surface area contributed by atoms with Crippen LogP contribution in [0.4, 0.5) is 0 Å². The normalized spacial score (nSPS) is 19.8. The van der Waals surface area contributed by atoms with E-state index >= 15 is 0 Å². The van der Waals surface area contributed by atoms with Gasteiger partial charge in [0.15, 0.2) is 8.24 Å². The number of allylic oxidation sites excluding steroid dienone is 2. The van der Waals surface area contributed by atoms with Crippen LogP contribution in [0.1, 0.15) is 104 Å². The first-order valence-corrected chi connectivity index (χ1v) is 22.2. The zero-order valence-electron chi connectivity index (χ0n) is 29.5. The average Bonchev–Trinajstić information content (AvgIpc) is 3.73. The van der Waals surface area contributed by atoms with Crippen molar-refractivity contribution in [3.05, 3.63) is 117 Å². The third-order valence-electron chi connectivity index (χ3n) is 10.6. The molecule has 7 nitrogen and oxygen atoms in total. The monoisotopic (exact) mass is 681 g/mol. The fraction of sp³-hybridized carbons (Fsp3) is 0.385. The molecule has 1 aliphatic heterocycles.